The molecule has 0 radical (unpaired) electrons. The Morgan fingerprint density at radius 3 is 0.908 bits per heavy atom. The van der Waals surface area contributed by atoms with Crippen LogP contribution in [0.5, 0.6) is 0 Å². The van der Waals surface area contributed by atoms with Gasteiger partial charge in [0.15, 0.2) is 0 Å². The molecule has 15 aromatic carbocycles. The van der Waals surface area contributed by atoms with Gasteiger partial charge < -0.3 is 23.5 Å². The van der Waals surface area contributed by atoms with E-state index in [2.05, 4.69) is 464 Å². The third-order valence-electron chi connectivity index (χ3n) is 26.1. The third-order valence-corrected chi connectivity index (χ3v) is 26.1. The van der Waals surface area contributed by atoms with Crippen molar-refractivity contribution in [2.45, 2.75) is 157 Å². The molecule has 6 heteroatoms. The zero-order chi connectivity index (χ0) is 83.2. The van der Waals surface area contributed by atoms with E-state index >= 15 is 0 Å². The Bertz CT molecular complexity index is 6730. The SMILES string of the molecule is CC(C)(C)c1cc(-c2ccccc2N2c3ccc(-c4cccc5c4c4ccccc4n5-c4ccccc4)cc3B3c4cc(-c5cccc6c5c5ccccc5n6-c5ccccc5)ccc4N(c4ccccc4-c4cc(C(C)(C)C)cc(C(C)(C)C)c4)c4cc(-n5c6ccc(C(C)(C)C)cc6c6cc(C(C)(C)C)ccc65)cc2c43)cc(C(C)(C)C)c1. The summed E-state index contributed by atoms with van der Waals surface area (Å²) in [6.07, 6.45) is 0. The van der Waals surface area contributed by atoms with Gasteiger partial charge in [-0.2, -0.15) is 0 Å². The smallest absolute Gasteiger partial charge is 0.252 e. The van der Waals surface area contributed by atoms with Gasteiger partial charge in [-0.15, -0.1) is 0 Å². The molecule has 5 heterocycles. The van der Waals surface area contributed by atoms with E-state index in [1.165, 1.54) is 149 Å². The molecule has 0 amide bonds. The van der Waals surface area contributed by atoms with Gasteiger partial charge in [-0.3, -0.25) is 0 Å². The molecule has 18 aromatic rings. The summed E-state index contributed by atoms with van der Waals surface area (Å²) in [5.74, 6) is 0. The number of hydrogen-bond acceptors (Lipinski definition) is 2. The first-order chi connectivity index (χ1) is 57.3. The van der Waals surface area contributed by atoms with E-state index in [4.69, 9.17) is 0 Å². The van der Waals surface area contributed by atoms with E-state index in [-0.39, 0.29) is 39.2 Å². The fourth-order valence-corrected chi connectivity index (χ4v) is 19.6. The minimum Gasteiger partial charge on any atom is -0.311 e. The van der Waals surface area contributed by atoms with Crippen molar-refractivity contribution in [1.29, 1.82) is 0 Å². The summed E-state index contributed by atoms with van der Waals surface area (Å²) in [5.41, 5.74) is 37.3. The molecule has 20 rings (SSSR count). The highest BCUT2D eigenvalue weighted by molar-refractivity contribution is 7.00. The monoisotopic (exact) mass is 1560 g/mol. The number of benzene rings is 15. The average molecular weight is 1560 g/mol. The van der Waals surface area contributed by atoms with Gasteiger partial charge in [0.2, 0.25) is 0 Å². The van der Waals surface area contributed by atoms with E-state index in [0.29, 0.717) is 0 Å². The maximum absolute atomic E-state index is 2.71. The van der Waals surface area contributed by atoms with Crippen molar-refractivity contribution >= 4 is 123 Å². The summed E-state index contributed by atoms with van der Waals surface area (Å²) >= 11 is 0. The molecule has 0 fully saturated rings. The summed E-state index contributed by atoms with van der Waals surface area (Å²) < 4.78 is 7.54. The first kappa shape index (κ1) is 76.1. The van der Waals surface area contributed by atoms with Crippen molar-refractivity contribution in [3.05, 3.63) is 349 Å². The lowest BCUT2D eigenvalue weighted by Crippen LogP contribution is -2.61. The number of para-hydroxylation sites is 6. The maximum Gasteiger partial charge on any atom is 0.252 e. The number of aromatic nitrogens is 3. The molecule has 5 nitrogen and oxygen atoms in total. The van der Waals surface area contributed by atoms with Gasteiger partial charge in [-0.25, -0.2) is 0 Å². The van der Waals surface area contributed by atoms with Crippen LogP contribution in [0.1, 0.15) is 158 Å². The minimum absolute atomic E-state index is 0.0985. The summed E-state index contributed by atoms with van der Waals surface area (Å²) in [4.78, 5) is 5.42. The van der Waals surface area contributed by atoms with Crippen molar-refractivity contribution < 1.29 is 0 Å². The van der Waals surface area contributed by atoms with Crippen LogP contribution in [0.2, 0.25) is 0 Å². The Morgan fingerprint density at radius 1 is 0.200 bits per heavy atom. The van der Waals surface area contributed by atoms with Crippen molar-refractivity contribution in [2.24, 2.45) is 0 Å². The summed E-state index contributed by atoms with van der Waals surface area (Å²) in [7, 11) is 0. The van der Waals surface area contributed by atoms with Crippen molar-refractivity contribution in [1.82, 2.24) is 13.7 Å². The molecular weight excluding hydrogens is 1450 g/mol. The highest BCUT2D eigenvalue weighted by Gasteiger charge is 2.46. The highest BCUT2D eigenvalue weighted by Crippen LogP contribution is 2.54. The predicted octanol–water partition coefficient (Wildman–Crippen LogP) is 29.5. The van der Waals surface area contributed by atoms with Crippen molar-refractivity contribution in [3.8, 4) is 61.6 Å². The van der Waals surface area contributed by atoms with Crippen LogP contribution in [-0.4, -0.2) is 20.4 Å². The largest absolute Gasteiger partial charge is 0.311 e. The number of anilines is 6. The molecule has 0 atom stereocenters. The summed E-state index contributed by atoms with van der Waals surface area (Å²) in [6, 6.07) is 122. The second kappa shape index (κ2) is 27.5. The fourth-order valence-electron chi connectivity index (χ4n) is 19.6. The van der Waals surface area contributed by atoms with Crippen LogP contribution >= 0.6 is 0 Å². The molecule has 2 aliphatic rings. The van der Waals surface area contributed by atoms with Crippen LogP contribution in [0, 0.1) is 0 Å². The van der Waals surface area contributed by atoms with Gasteiger partial charge in [-0.1, -0.05) is 331 Å². The van der Waals surface area contributed by atoms with Crippen LogP contribution in [0.25, 0.3) is 127 Å². The third kappa shape index (κ3) is 12.5. The van der Waals surface area contributed by atoms with Crippen LogP contribution in [-0.2, 0) is 32.5 Å². The molecule has 0 saturated carbocycles. The van der Waals surface area contributed by atoms with E-state index < -0.39 is 0 Å². The first-order valence-corrected chi connectivity index (χ1v) is 43.2. The Labute approximate surface area is 708 Å². The van der Waals surface area contributed by atoms with Gasteiger partial charge in [0.1, 0.15) is 0 Å². The van der Waals surface area contributed by atoms with Gasteiger partial charge in [0.25, 0.3) is 6.71 Å². The molecule has 590 valence electrons. The molecule has 0 aliphatic carbocycles. The van der Waals surface area contributed by atoms with E-state index in [1.54, 1.807) is 0 Å². The Balaban J connectivity index is 0.962. The quantitative estimate of drug-likeness (QED) is 0.134. The first-order valence-electron chi connectivity index (χ1n) is 43.2. The molecule has 0 unspecified atom stereocenters. The minimum atomic E-state index is -0.328. The maximum atomic E-state index is 2.71. The van der Waals surface area contributed by atoms with Crippen molar-refractivity contribution in [3.63, 3.8) is 0 Å². The standard InChI is InChI=1S/C114H106BN5/c1-109(2,3)75-53-57-98-90(67-75)91-68-76(110(4,5)6)54-58-99(91)118(98)83-69-104-108-105(70-83)120(95-46-30-26-40-85(95)74-61-79(113(13,14)15)66-80(62-74)114(16,17)18)101-56-52-72(87-44-34-50-103-107(87)89-42-28-32-48-97(89)117(103)82-37-23-20-24-38-82)64-93(101)115(108)92-63-71(86-43-33-49-102-106(86)88-41-27-31-47-96(88)116(102)81-35-21-19-22-36-81)51-55-100(92)119(104)94-45-29-25-39-84(94)73-59-77(111(7,8)9)65-78(60-73)112(10,11)12/h19-70H,1-18H3. The normalized spacial score (nSPS) is 13.4. The second-order valence-electron chi connectivity index (χ2n) is 40.3. The number of fused-ring (bicyclic) bond motifs is 13. The molecule has 120 heavy (non-hydrogen) atoms. The molecular formula is C114H106BN5. The Hall–Kier alpha value is -12.6. The van der Waals surface area contributed by atoms with Gasteiger partial charge in [0, 0.05) is 77.6 Å². The second-order valence-corrected chi connectivity index (χ2v) is 40.3. The molecule has 3 aromatic heterocycles. The van der Waals surface area contributed by atoms with Gasteiger partial charge in [-0.05, 0) is 225 Å². The van der Waals surface area contributed by atoms with Crippen molar-refractivity contribution in [2.75, 3.05) is 9.80 Å². The number of hydrogen-bond donors (Lipinski definition) is 0. The van der Waals surface area contributed by atoms with Gasteiger partial charge in [0.05, 0.1) is 50.2 Å². The lowest BCUT2D eigenvalue weighted by atomic mass is 9.33. The predicted molar refractivity (Wildman–Crippen MR) is 517 cm³/mol. The Morgan fingerprint density at radius 2 is 0.525 bits per heavy atom. The average Bonchev–Trinajstić information content (AvgIpc) is 0.824. The van der Waals surface area contributed by atoms with Gasteiger partial charge >= 0.3 is 0 Å². The van der Waals surface area contributed by atoms with Crippen LogP contribution in [0.3, 0.4) is 0 Å². The molecule has 0 saturated heterocycles. The lowest BCUT2D eigenvalue weighted by Gasteiger charge is -2.45. The number of nitrogens with zero attached hydrogens (tertiary/aromatic N) is 5. The summed E-state index contributed by atoms with van der Waals surface area (Å²) in [6.45, 7) is 42.2. The van der Waals surface area contributed by atoms with Crippen LogP contribution in [0.4, 0.5) is 34.1 Å². The molecule has 0 bridgehead atoms. The van der Waals surface area contributed by atoms with Crippen LogP contribution in [0.15, 0.2) is 315 Å². The highest BCUT2D eigenvalue weighted by atomic mass is 15.2. The van der Waals surface area contributed by atoms with E-state index in [9.17, 15) is 0 Å². The fraction of sp³-hybridized carbons (Fsp3) is 0.211. The molecule has 2 aliphatic heterocycles. The lowest BCUT2D eigenvalue weighted by molar-refractivity contribution is 0.568. The zero-order valence-corrected chi connectivity index (χ0v) is 72.8. The number of rotatable bonds is 9. The molecule has 0 N–H and O–H groups in total. The van der Waals surface area contributed by atoms with E-state index in [1.807, 2.05) is 0 Å². The summed E-state index contributed by atoms with van der Waals surface area (Å²) in [5, 5.41) is 7.39. The zero-order valence-electron chi connectivity index (χ0n) is 72.8. The topological polar surface area (TPSA) is 21.3 Å². The molecule has 0 spiro atoms. The van der Waals surface area contributed by atoms with E-state index in [0.717, 1.165) is 62.3 Å². The van der Waals surface area contributed by atoms with Crippen LogP contribution < -0.4 is 26.2 Å². The Kier molecular flexibility index (Phi) is 17.4.